The van der Waals surface area contributed by atoms with Crippen molar-refractivity contribution in [3.63, 3.8) is 0 Å². The number of aromatic nitrogens is 5. The summed E-state index contributed by atoms with van der Waals surface area (Å²) in [4.78, 5) is 9.80. The molecule has 1 saturated carbocycles. The summed E-state index contributed by atoms with van der Waals surface area (Å²) < 4.78 is 31.9. The van der Waals surface area contributed by atoms with Crippen molar-refractivity contribution >= 4 is 43.3 Å². The van der Waals surface area contributed by atoms with Crippen molar-refractivity contribution in [2.75, 3.05) is 19.0 Å². The second-order valence-electron chi connectivity index (χ2n) is 9.07. The van der Waals surface area contributed by atoms with E-state index in [1.165, 1.54) is 0 Å². The number of H-pyrrole nitrogens is 1. The van der Waals surface area contributed by atoms with Gasteiger partial charge in [0.25, 0.3) is 0 Å². The van der Waals surface area contributed by atoms with E-state index in [9.17, 15) is 8.42 Å². The number of rotatable bonds is 5. The molecule has 2 atom stereocenters. The van der Waals surface area contributed by atoms with Crippen LogP contribution in [-0.2, 0) is 10.0 Å². The zero-order chi connectivity index (χ0) is 23.4. The lowest BCUT2D eigenvalue weighted by Gasteiger charge is -2.18. The van der Waals surface area contributed by atoms with Crippen molar-refractivity contribution in [2.45, 2.75) is 36.1 Å². The van der Waals surface area contributed by atoms with E-state index < -0.39 is 10.0 Å². The monoisotopic (exact) mass is 475 g/mol. The van der Waals surface area contributed by atoms with Crippen molar-refractivity contribution in [3.8, 4) is 0 Å². The third kappa shape index (κ3) is 3.33. The van der Waals surface area contributed by atoms with E-state index in [4.69, 9.17) is 0 Å². The Hall–Kier alpha value is -3.50. The van der Waals surface area contributed by atoms with Crippen LogP contribution in [0.5, 0.6) is 0 Å². The van der Waals surface area contributed by atoms with Crippen molar-refractivity contribution in [1.82, 2.24) is 29.3 Å². The average Bonchev–Trinajstić information content (AvgIpc) is 3.56. The minimum atomic E-state index is -3.70. The van der Waals surface area contributed by atoms with Crippen LogP contribution in [0, 0.1) is 0 Å². The summed E-state index contributed by atoms with van der Waals surface area (Å²) in [6, 6.07) is 13.0. The van der Waals surface area contributed by atoms with Gasteiger partial charge < -0.3 is 9.88 Å². The molecule has 5 aromatic rings. The molecule has 3 aromatic heterocycles. The van der Waals surface area contributed by atoms with Gasteiger partial charge in [-0.05, 0) is 37.5 Å². The van der Waals surface area contributed by atoms with Gasteiger partial charge in [-0.3, -0.25) is 4.40 Å². The van der Waals surface area contributed by atoms with E-state index in [0.29, 0.717) is 17.0 Å². The molecule has 0 unspecified atom stereocenters. The number of nitrogens with one attached hydrogen (secondary N) is 2. The Balaban J connectivity index is 1.29. The molecular formula is C24H25N7O2S. The van der Waals surface area contributed by atoms with E-state index in [-0.39, 0.29) is 12.0 Å². The molecular weight excluding hydrogens is 450 g/mol. The van der Waals surface area contributed by atoms with E-state index in [0.717, 1.165) is 46.3 Å². The maximum absolute atomic E-state index is 13.5. The molecule has 174 valence electrons. The van der Waals surface area contributed by atoms with Gasteiger partial charge in [0.15, 0.2) is 11.3 Å². The van der Waals surface area contributed by atoms with Gasteiger partial charge in [0.05, 0.1) is 16.6 Å². The van der Waals surface area contributed by atoms with E-state index in [1.54, 1.807) is 18.3 Å². The maximum atomic E-state index is 13.5. The lowest BCUT2D eigenvalue weighted by Crippen LogP contribution is -2.33. The van der Waals surface area contributed by atoms with Gasteiger partial charge in [-0.2, -0.15) is 0 Å². The molecule has 1 fully saturated rings. The van der Waals surface area contributed by atoms with Crippen LogP contribution in [0.1, 0.15) is 31.0 Å². The highest BCUT2D eigenvalue weighted by Crippen LogP contribution is 2.36. The molecule has 9 nitrogen and oxygen atoms in total. The highest BCUT2D eigenvalue weighted by Gasteiger charge is 2.33. The molecule has 2 aromatic carbocycles. The maximum Gasteiger partial charge on any atom is 0.241 e. The third-order valence-electron chi connectivity index (χ3n) is 6.72. The minimum absolute atomic E-state index is 0.107. The largest absolute Gasteiger partial charge is 0.377 e. The van der Waals surface area contributed by atoms with Crippen LogP contribution in [-0.4, -0.2) is 53.1 Å². The Morgan fingerprint density at radius 1 is 1.06 bits per heavy atom. The van der Waals surface area contributed by atoms with E-state index in [1.807, 2.05) is 59.9 Å². The number of sulfonamides is 1. The molecule has 0 saturated heterocycles. The zero-order valence-corrected chi connectivity index (χ0v) is 19.7. The minimum Gasteiger partial charge on any atom is -0.377 e. The van der Waals surface area contributed by atoms with Gasteiger partial charge >= 0.3 is 0 Å². The fourth-order valence-electron chi connectivity index (χ4n) is 5.16. The number of hydrogen-bond donors (Lipinski definition) is 2. The predicted octanol–water partition coefficient (Wildman–Crippen LogP) is 3.44. The van der Waals surface area contributed by atoms with Crippen LogP contribution < -0.4 is 9.62 Å². The van der Waals surface area contributed by atoms with Crippen molar-refractivity contribution in [3.05, 3.63) is 60.7 Å². The summed E-state index contributed by atoms with van der Waals surface area (Å²) in [5.74, 6) is 0.959. The summed E-state index contributed by atoms with van der Waals surface area (Å²) >= 11 is 0. The van der Waals surface area contributed by atoms with Crippen LogP contribution in [0.15, 0.2) is 59.8 Å². The lowest BCUT2D eigenvalue weighted by molar-refractivity contribution is 0.547. The first kappa shape index (κ1) is 21.1. The quantitative estimate of drug-likeness (QED) is 0.403. The SMILES string of the molecule is CN(C)c1cccc2c(S(=O)(=O)N[C@H]3CC[C@@H](c4nnc5cnc6[nH]ccc6n45)C3)cccc12. The summed E-state index contributed by atoms with van der Waals surface area (Å²) in [6.07, 6.45) is 5.80. The molecule has 0 spiro atoms. The molecule has 34 heavy (non-hydrogen) atoms. The Morgan fingerprint density at radius 2 is 1.88 bits per heavy atom. The molecule has 3 heterocycles. The first-order valence-corrected chi connectivity index (χ1v) is 12.8. The third-order valence-corrected chi connectivity index (χ3v) is 8.30. The molecule has 1 aliphatic rings. The van der Waals surface area contributed by atoms with Crippen LogP contribution in [0.4, 0.5) is 5.69 Å². The van der Waals surface area contributed by atoms with Crippen LogP contribution >= 0.6 is 0 Å². The normalized spacial score (nSPS) is 18.9. The number of fused-ring (bicyclic) bond motifs is 4. The van der Waals surface area contributed by atoms with Gasteiger partial charge in [-0.25, -0.2) is 18.1 Å². The molecule has 0 amide bonds. The predicted molar refractivity (Wildman–Crippen MR) is 132 cm³/mol. The topological polar surface area (TPSA) is 108 Å². The number of anilines is 1. The first-order chi connectivity index (χ1) is 16.4. The van der Waals surface area contributed by atoms with Crippen LogP contribution in [0.3, 0.4) is 0 Å². The number of nitrogens with zero attached hydrogens (tertiary/aromatic N) is 5. The molecule has 0 radical (unpaired) electrons. The molecule has 6 rings (SSSR count). The average molecular weight is 476 g/mol. The second kappa shape index (κ2) is 7.78. The summed E-state index contributed by atoms with van der Waals surface area (Å²) in [7, 11) is 0.214. The Morgan fingerprint density at radius 3 is 2.74 bits per heavy atom. The molecule has 10 heteroatoms. The van der Waals surface area contributed by atoms with Crippen molar-refractivity contribution in [2.24, 2.45) is 0 Å². The number of benzene rings is 2. The molecule has 2 N–H and O–H groups in total. The van der Waals surface area contributed by atoms with Gasteiger partial charge in [0, 0.05) is 48.7 Å². The van der Waals surface area contributed by atoms with Crippen molar-refractivity contribution in [1.29, 1.82) is 0 Å². The Kier molecular flexibility index (Phi) is 4.82. The summed E-state index contributed by atoms with van der Waals surface area (Å²) in [6.45, 7) is 0. The molecule has 0 aliphatic heterocycles. The van der Waals surface area contributed by atoms with Gasteiger partial charge in [0.2, 0.25) is 10.0 Å². The molecule has 1 aliphatic carbocycles. The van der Waals surface area contributed by atoms with Crippen molar-refractivity contribution < 1.29 is 8.42 Å². The number of hydrogen-bond acceptors (Lipinski definition) is 6. The van der Waals surface area contributed by atoms with E-state index in [2.05, 4.69) is 24.9 Å². The van der Waals surface area contributed by atoms with E-state index >= 15 is 0 Å². The number of aromatic amines is 1. The fourth-order valence-corrected chi connectivity index (χ4v) is 6.66. The Bertz CT molecular complexity index is 1640. The summed E-state index contributed by atoms with van der Waals surface area (Å²) in [5.41, 5.74) is 3.38. The van der Waals surface area contributed by atoms with Gasteiger partial charge in [0.1, 0.15) is 5.82 Å². The lowest BCUT2D eigenvalue weighted by atomic mass is 10.1. The van der Waals surface area contributed by atoms with Crippen LogP contribution in [0.25, 0.3) is 27.6 Å². The summed E-state index contributed by atoms with van der Waals surface area (Å²) in [5, 5.41) is 10.4. The van der Waals surface area contributed by atoms with Gasteiger partial charge in [-0.1, -0.05) is 24.3 Å². The zero-order valence-electron chi connectivity index (χ0n) is 18.9. The highest BCUT2D eigenvalue weighted by molar-refractivity contribution is 7.89. The highest BCUT2D eigenvalue weighted by atomic mass is 32.2. The standard InChI is InChI=1S/C24H25N7O2S/c1-30(2)19-7-3-6-18-17(19)5-4-8-21(18)34(32,33)29-16-10-9-15(13-16)24-28-27-22-14-26-23-20(31(22)24)11-12-25-23/h3-8,11-12,14-16,25,29H,9-10,13H2,1-2H3/t15-,16+/m1/s1. The second-order valence-corrected chi connectivity index (χ2v) is 10.8. The molecule has 0 bridgehead atoms. The Labute approximate surface area is 196 Å². The first-order valence-electron chi connectivity index (χ1n) is 11.3. The fraction of sp³-hybridized carbons (Fsp3) is 0.292. The van der Waals surface area contributed by atoms with Gasteiger partial charge in [-0.15, -0.1) is 10.2 Å². The van der Waals surface area contributed by atoms with Crippen LogP contribution in [0.2, 0.25) is 0 Å². The smallest absolute Gasteiger partial charge is 0.241 e.